The van der Waals surface area contributed by atoms with Gasteiger partial charge < -0.3 is 5.73 Å². The second-order valence-corrected chi connectivity index (χ2v) is 6.29. The Morgan fingerprint density at radius 2 is 1.93 bits per heavy atom. The van der Waals surface area contributed by atoms with Gasteiger partial charge in [0.1, 0.15) is 0 Å². The van der Waals surface area contributed by atoms with Gasteiger partial charge in [0, 0.05) is 0 Å². The lowest BCUT2D eigenvalue weighted by molar-refractivity contribution is 0.592. The lowest BCUT2D eigenvalue weighted by Crippen LogP contribution is -2.13. The number of hydrogen-bond acceptors (Lipinski definition) is 3. The van der Waals surface area contributed by atoms with E-state index in [1.54, 1.807) is 12.1 Å². The zero-order valence-electron chi connectivity index (χ0n) is 8.68. The zero-order valence-corrected chi connectivity index (χ0v) is 9.50. The summed E-state index contributed by atoms with van der Waals surface area (Å²) >= 11 is 0. The first kappa shape index (κ1) is 10.6. The fourth-order valence-corrected chi connectivity index (χ4v) is 3.73. The molecule has 3 nitrogen and oxygen atoms in total. The van der Waals surface area contributed by atoms with Gasteiger partial charge in [0.15, 0.2) is 9.84 Å². The van der Waals surface area contributed by atoms with Gasteiger partial charge in [-0.05, 0) is 37.9 Å². The van der Waals surface area contributed by atoms with Gasteiger partial charge in [-0.25, -0.2) is 8.42 Å². The van der Waals surface area contributed by atoms with Crippen molar-refractivity contribution in [2.24, 2.45) is 11.7 Å². The fraction of sp³-hybridized carbons (Fsp3) is 0.455. The van der Waals surface area contributed by atoms with Crippen molar-refractivity contribution in [3.8, 4) is 0 Å². The Bertz CT molecular complexity index is 450. The average Bonchev–Trinajstić information content (AvgIpc) is 2.98. The highest BCUT2D eigenvalue weighted by atomic mass is 32.2. The summed E-state index contributed by atoms with van der Waals surface area (Å²) in [5, 5.41) is -0.245. The molecule has 0 bridgehead atoms. The molecule has 0 radical (unpaired) electrons. The zero-order chi connectivity index (χ0) is 11.1. The average molecular weight is 225 g/mol. The normalized spacial score (nSPS) is 25.2. The number of rotatable bonds is 3. The Balaban J connectivity index is 2.27. The van der Waals surface area contributed by atoms with Crippen LogP contribution in [0, 0.1) is 12.8 Å². The van der Waals surface area contributed by atoms with Crippen LogP contribution in [-0.2, 0) is 9.84 Å². The maximum atomic E-state index is 12.0. The molecule has 1 aliphatic rings. The lowest BCUT2D eigenvalue weighted by atomic mass is 10.2. The highest BCUT2D eigenvalue weighted by molar-refractivity contribution is 7.92. The third-order valence-corrected chi connectivity index (χ3v) is 5.21. The van der Waals surface area contributed by atoms with Crippen molar-refractivity contribution in [1.82, 2.24) is 0 Å². The van der Waals surface area contributed by atoms with E-state index in [1.165, 1.54) is 0 Å². The van der Waals surface area contributed by atoms with Gasteiger partial charge in [-0.15, -0.1) is 0 Å². The molecule has 0 saturated heterocycles. The van der Waals surface area contributed by atoms with Crippen molar-refractivity contribution in [3.05, 3.63) is 29.8 Å². The molecule has 2 rings (SSSR count). The summed E-state index contributed by atoms with van der Waals surface area (Å²) in [7, 11) is -3.12. The molecule has 0 unspecified atom stereocenters. The van der Waals surface area contributed by atoms with E-state index in [0.29, 0.717) is 17.9 Å². The Kier molecular flexibility index (Phi) is 2.56. The van der Waals surface area contributed by atoms with Gasteiger partial charge in [-0.2, -0.15) is 0 Å². The molecule has 1 aromatic carbocycles. The molecular formula is C11H15NO2S. The van der Waals surface area contributed by atoms with Crippen molar-refractivity contribution in [2.45, 2.75) is 23.5 Å². The molecule has 82 valence electrons. The van der Waals surface area contributed by atoms with E-state index in [1.807, 2.05) is 19.1 Å². The van der Waals surface area contributed by atoms with Crippen LogP contribution in [0.2, 0.25) is 0 Å². The summed E-state index contributed by atoms with van der Waals surface area (Å²) in [4.78, 5) is 0.425. The number of nitrogens with two attached hydrogens (primary N) is 1. The molecule has 0 spiro atoms. The smallest absolute Gasteiger partial charge is 0.181 e. The predicted octanol–water partition coefficient (Wildman–Crippen LogP) is 1.12. The first-order chi connectivity index (χ1) is 7.05. The van der Waals surface area contributed by atoms with Gasteiger partial charge >= 0.3 is 0 Å². The first-order valence-corrected chi connectivity index (χ1v) is 6.61. The SMILES string of the molecule is Cc1ccc(S(=O)(=O)[C@@H]2C[C@@H]2CN)cc1. The molecule has 1 fully saturated rings. The van der Waals surface area contributed by atoms with E-state index < -0.39 is 9.84 Å². The minimum absolute atomic E-state index is 0.163. The standard InChI is InChI=1S/C11H15NO2S/c1-8-2-4-10(5-3-8)15(13,14)11-6-9(11)7-12/h2-5,9,11H,6-7,12H2,1H3/t9-,11-/m1/s1. The number of benzene rings is 1. The molecule has 1 aromatic rings. The quantitative estimate of drug-likeness (QED) is 0.838. The van der Waals surface area contributed by atoms with Gasteiger partial charge in [-0.1, -0.05) is 17.7 Å². The van der Waals surface area contributed by atoms with Crippen molar-refractivity contribution in [1.29, 1.82) is 0 Å². The summed E-state index contributed by atoms with van der Waals surface area (Å²) in [5.41, 5.74) is 6.53. The van der Waals surface area contributed by atoms with Crippen molar-refractivity contribution in [2.75, 3.05) is 6.54 Å². The van der Waals surface area contributed by atoms with Crippen LogP contribution >= 0.6 is 0 Å². The maximum absolute atomic E-state index is 12.0. The van der Waals surface area contributed by atoms with Gasteiger partial charge in [0.05, 0.1) is 10.1 Å². The summed E-state index contributed by atoms with van der Waals surface area (Å²) in [6.45, 7) is 2.41. The van der Waals surface area contributed by atoms with Crippen LogP contribution in [0.3, 0.4) is 0 Å². The molecule has 0 aromatic heterocycles. The van der Waals surface area contributed by atoms with Gasteiger partial charge in [0.25, 0.3) is 0 Å². The van der Waals surface area contributed by atoms with Crippen LogP contribution in [0.15, 0.2) is 29.2 Å². The van der Waals surface area contributed by atoms with Crippen LogP contribution in [0.4, 0.5) is 0 Å². The monoisotopic (exact) mass is 225 g/mol. The van der Waals surface area contributed by atoms with Crippen LogP contribution in [0.5, 0.6) is 0 Å². The largest absolute Gasteiger partial charge is 0.330 e. The second-order valence-electron chi connectivity index (χ2n) is 4.13. The van der Waals surface area contributed by atoms with Gasteiger partial charge in [-0.3, -0.25) is 0 Å². The Morgan fingerprint density at radius 1 is 1.33 bits per heavy atom. The van der Waals surface area contributed by atoms with Crippen LogP contribution < -0.4 is 5.73 Å². The highest BCUT2D eigenvalue weighted by Gasteiger charge is 2.46. The highest BCUT2D eigenvalue weighted by Crippen LogP contribution is 2.39. The Hall–Kier alpha value is -0.870. The first-order valence-electron chi connectivity index (χ1n) is 5.06. The molecule has 15 heavy (non-hydrogen) atoms. The summed E-state index contributed by atoms with van der Waals surface area (Å²) in [6.07, 6.45) is 0.715. The van der Waals surface area contributed by atoms with E-state index in [4.69, 9.17) is 5.73 Å². The number of sulfone groups is 1. The second kappa shape index (κ2) is 3.61. The molecule has 2 atom stereocenters. The molecule has 0 aliphatic heterocycles. The number of hydrogen-bond donors (Lipinski definition) is 1. The third-order valence-electron chi connectivity index (χ3n) is 2.91. The van der Waals surface area contributed by atoms with Crippen molar-refractivity contribution in [3.63, 3.8) is 0 Å². The minimum atomic E-state index is -3.12. The summed E-state index contributed by atoms with van der Waals surface area (Å²) in [5.74, 6) is 0.163. The topological polar surface area (TPSA) is 60.2 Å². The molecule has 1 aliphatic carbocycles. The lowest BCUT2D eigenvalue weighted by Gasteiger charge is -2.03. The maximum Gasteiger partial charge on any atom is 0.181 e. The fourth-order valence-electron chi connectivity index (χ4n) is 1.75. The molecular weight excluding hydrogens is 210 g/mol. The summed E-state index contributed by atoms with van der Waals surface area (Å²) in [6, 6.07) is 7.01. The molecule has 4 heteroatoms. The van der Waals surface area contributed by atoms with Crippen LogP contribution in [0.25, 0.3) is 0 Å². The van der Waals surface area contributed by atoms with Gasteiger partial charge in [0.2, 0.25) is 0 Å². The van der Waals surface area contributed by atoms with E-state index >= 15 is 0 Å². The number of aryl methyl sites for hydroxylation is 1. The van der Waals surface area contributed by atoms with Crippen LogP contribution in [0.1, 0.15) is 12.0 Å². The van der Waals surface area contributed by atoms with Crippen LogP contribution in [-0.4, -0.2) is 20.2 Å². The van der Waals surface area contributed by atoms with E-state index in [-0.39, 0.29) is 11.2 Å². The van der Waals surface area contributed by atoms with E-state index in [0.717, 1.165) is 5.56 Å². The predicted molar refractivity (Wildman–Crippen MR) is 59.3 cm³/mol. The molecule has 2 N–H and O–H groups in total. The Labute approximate surface area is 90.2 Å². The molecule has 0 amide bonds. The van der Waals surface area contributed by atoms with E-state index in [2.05, 4.69) is 0 Å². The van der Waals surface area contributed by atoms with Crippen molar-refractivity contribution < 1.29 is 8.42 Å². The van der Waals surface area contributed by atoms with E-state index in [9.17, 15) is 8.42 Å². The minimum Gasteiger partial charge on any atom is -0.330 e. The third kappa shape index (κ3) is 1.92. The molecule has 0 heterocycles. The summed E-state index contributed by atoms with van der Waals surface area (Å²) < 4.78 is 24.0. The molecule has 1 saturated carbocycles. The van der Waals surface area contributed by atoms with Crippen molar-refractivity contribution >= 4 is 9.84 Å². The Morgan fingerprint density at radius 3 is 2.40 bits per heavy atom.